The first kappa shape index (κ1) is 6.93. The van der Waals surface area contributed by atoms with E-state index >= 15 is 0 Å². The quantitative estimate of drug-likeness (QED) is 0.445. The molecular formula is C8H10N2. The molecule has 2 heteroatoms. The summed E-state index contributed by atoms with van der Waals surface area (Å²) in [6, 6.07) is 0. The van der Waals surface area contributed by atoms with Crippen molar-refractivity contribution in [2.24, 2.45) is 9.98 Å². The number of aliphatic imine (C=N–C) groups is 2. The average Bonchev–Trinajstić information content (AvgIpc) is 2.04. The molecule has 0 N–H and O–H groups in total. The molecule has 0 spiro atoms. The second kappa shape index (κ2) is 3.11. The van der Waals surface area contributed by atoms with Gasteiger partial charge in [0.05, 0.1) is 11.4 Å². The van der Waals surface area contributed by atoms with Gasteiger partial charge in [-0.05, 0) is 12.2 Å². The maximum absolute atomic E-state index is 4.05. The van der Waals surface area contributed by atoms with Gasteiger partial charge in [0.25, 0.3) is 0 Å². The predicted molar refractivity (Wildman–Crippen MR) is 45.0 cm³/mol. The second-order valence-electron chi connectivity index (χ2n) is 1.94. The summed E-state index contributed by atoms with van der Waals surface area (Å²) in [6.45, 7) is 0. The Balaban J connectivity index is 2.96. The third kappa shape index (κ3) is 1.21. The maximum Gasteiger partial charge on any atom is 0.0822 e. The van der Waals surface area contributed by atoms with E-state index in [9.17, 15) is 0 Å². The van der Waals surface area contributed by atoms with E-state index in [-0.39, 0.29) is 0 Å². The summed E-state index contributed by atoms with van der Waals surface area (Å²) in [5, 5.41) is 0. The van der Waals surface area contributed by atoms with Crippen LogP contribution in [0.5, 0.6) is 0 Å². The van der Waals surface area contributed by atoms with Crippen molar-refractivity contribution in [1.29, 1.82) is 0 Å². The minimum atomic E-state index is 0.949. The Morgan fingerprint density at radius 1 is 0.900 bits per heavy atom. The summed E-state index contributed by atoms with van der Waals surface area (Å²) >= 11 is 0. The van der Waals surface area contributed by atoms with Gasteiger partial charge in [-0.15, -0.1) is 0 Å². The Morgan fingerprint density at radius 3 is 1.60 bits per heavy atom. The molecule has 2 nitrogen and oxygen atoms in total. The minimum absolute atomic E-state index is 0.949. The number of hydrogen-bond donors (Lipinski definition) is 0. The Kier molecular flexibility index (Phi) is 2.15. The summed E-state index contributed by atoms with van der Waals surface area (Å²) in [5.74, 6) is 0. The third-order valence-electron chi connectivity index (χ3n) is 1.36. The zero-order chi connectivity index (χ0) is 7.40. The minimum Gasteiger partial charge on any atom is -0.286 e. The van der Waals surface area contributed by atoms with Crippen molar-refractivity contribution < 1.29 is 0 Å². The SMILES string of the molecule is C/N=C1\C=CC=C\C1=N/C. The van der Waals surface area contributed by atoms with E-state index in [1.807, 2.05) is 24.3 Å². The molecule has 0 heterocycles. The van der Waals surface area contributed by atoms with Gasteiger partial charge in [0.2, 0.25) is 0 Å². The number of nitrogens with zero attached hydrogens (tertiary/aromatic N) is 2. The summed E-state index contributed by atoms with van der Waals surface area (Å²) in [7, 11) is 3.54. The number of rotatable bonds is 0. The monoisotopic (exact) mass is 134 g/mol. The van der Waals surface area contributed by atoms with E-state index in [0.29, 0.717) is 0 Å². The van der Waals surface area contributed by atoms with Crippen LogP contribution in [-0.2, 0) is 0 Å². The predicted octanol–water partition coefficient (Wildman–Crippen LogP) is 1.25. The molecule has 0 unspecified atom stereocenters. The topological polar surface area (TPSA) is 24.7 Å². The van der Waals surface area contributed by atoms with Gasteiger partial charge in [0, 0.05) is 14.1 Å². The Hall–Kier alpha value is -1.18. The fourth-order valence-corrected chi connectivity index (χ4v) is 0.842. The summed E-state index contributed by atoms with van der Waals surface area (Å²) < 4.78 is 0. The molecule has 1 aliphatic carbocycles. The molecule has 52 valence electrons. The van der Waals surface area contributed by atoms with Crippen molar-refractivity contribution in [2.45, 2.75) is 0 Å². The van der Waals surface area contributed by atoms with Crippen LogP contribution in [0.1, 0.15) is 0 Å². The van der Waals surface area contributed by atoms with Crippen LogP contribution in [-0.4, -0.2) is 25.5 Å². The first-order valence-electron chi connectivity index (χ1n) is 3.17. The molecule has 0 fully saturated rings. The van der Waals surface area contributed by atoms with Crippen molar-refractivity contribution in [1.82, 2.24) is 0 Å². The van der Waals surface area contributed by atoms with Gasteiger partial charge < -0.3 is 0 Å². The lowest BCUT2D eigenvalue weighted by Gasteiger charge is -2.01. The second-order valence-corrected chi connectivity index (χ2v) is 1.94. The Bertz CT molecular complexity index is 206. The van der Waals surface area contributed by atoms with Crippen LogP contribution >= 0.6 is 0 Å². The lowest BCUT2D eigenvalue weighted by Crippen LogP contribution is -2.10. The summed E-state index contributed by atoms with van der Waals surface area (Å²) in [4.78, 5) is 8.10. The smallest absolute Gasteiger partial charge is 0.0822 e. The van der Waals surface area contributed by atoms with E-state index in [2.05, 4.69) is 9.98 Å². The molecule has 0 aromatic heterocycles. The van der Waals surface area contributed by atoms with Crippen LogP contribution in [0.25, 0.3) is 0 Å². The lowest BCUT2D eigenvalue weighted by molar-refractivity contribution is 1.42. The standard InChI is InChI=1S/C8H10N2/c1-9-7-5-3-4-6-8(7)10-2/h3-6H,1-2H3/b9-7+,10-8+. The van der Waals surface area contributed by atoms with Gasteiger partial charge in [-0.3, -0.25) is 9.98 Å². The lowest BCUT2D eigenvalue weighted by atomic mass is 10.1. The van der Waals surface area contributed by atoms with Gasteiger partial charge in [-0.2, -0.15) is 0 Å². The Morgan fingerprint density at radius 2 is 1.30 bits per heavy atom. The molecule has 0 saturated carbocycles. The van der Waals surface area contributed by atoms with Crippen LogP contribution in [0, 0.1) is 0 Å². The molecule has 0 aromatic carbocycles. The van der Waals surface area contributed by atoms with Gasteiger partial charge >= 0.3 is 0 Å². The van der Waals surface area contributed by atoms with Crippen LogP contribution in [0.3, 0.4) is 0 Å². The average molecular weight is 134 g/mol. The van der Waals surface area contributed by atoms with Crippen LogP contribution in [0.4, 0.5) is 0 Å². The van der Waals surface area contributed by atoms with E-state index in [1.54, 1.807) is 14.1 Å². The zero-order valence-electron chi connectivity index (χ0n) is 6.20. The highest BCUT2D eigenvalue weighted by atomic mass is 14.8. The number of allylic oxidation sites excluding steroid dienone is 4. The molecular weight excluding hydrogens is 124 g/mol. The van der Waals surface area contributed by atoms with E-state index < -0.39 is 0 Å². The van der Waals surface area contributed by atoms with Crippen molar-refractivity contribution >= 4 is 11.4 Å². The van der Waals surface area contributed by atoms with E-state index in [1.165, 1.54) is 0 Å². The molecule has 0 bridgehead atoms. The summed E-state index contributed by atoms with van der Waals surface area (Å²) in [6.07, 6.45) is 7.80. The molecule has 0 radical (unpaired) electrons. The van der Waals surface area contributed by atoms with Crippen LogP contribution < -0.4 is 0 Å². The molecule has 0 amide bonds. The fraction of sp³-hybridized carbons (Fsp3) is 0.250. The largest absolute Gasteiger partial charge is 0.286 e. The van der Waals surface area contributed by atoms with Gasteiger partial charge in [-0.25, -0.2) is 0 Å². The van der Waals surface area contributed by atoms with Gasteiger partial charge in [0.15, 0.2) is 0 Å². The van der Waals surface area contributed by atoms with Crippen molar-refractivity contribution in [3.8, 4) is 0 Å². The highest BCUT2D eigenvalue weighted by molar-refractivity contribution is 6.51. The molecule has 1 aliphatic rings. The molecule has 0 aromatic rings. The first-order chi connectivity index (χ1) is 4.88. The molecule has 0 aliphatic heterocycles. The molecule has 1 rings (SSSR count). The van der Waals surface area contributed by atoms with Gasteiger partial charge in [-0.1, -0.05) is 12.2 Å². The zero-order valence-corrected chi connectivity index (χ0v) is 6.20. The van der Waals surface area contributed by atoms with Gasteiger partial charge in [0.1, 0.15) is 0 Å². The number of hydrogen-bond acceptors (Lipinski definition) is 2. The fourth-order valence-electron chi connectivity index (χ4n) is 0.842. The van der Waals surface area contributed by atoms with Crippen LogP contribution in [0.2, 0.25) is 0 Å². The van der Waals surface area contributed by atoms with Crippen LogP contribution in [0.15, 0.2) is 34.3 Å². The molecule has 10 heavy (non-hydrogen) atoms. The highest BCUT2D eigenvalue weighted by Gasteiger charge is 2.01. The third-order valence-corrected chi connectivity index (χ3v) is 1.36. The van der Waals surface area contributed by atoms with Crippen molar-refractivity contribution in [3.05, 3.63) is 24.3 Å². The first-order valence-corrected chi connectivity index (χ1v) is 3.17. The normalized spacial score (nSPS) is 24.6. The Labute approximate surface area is 60.7 Å². The van der Waals surface area contributed by atoms with Crippen molar-refractivity contribution in [3.63, 3.8) is 0 Å². The molecule has 0 saturated heterocycles. The maximum atomic E-state index is 4.05. The molecule has 0 atom stereocenters. The highest BCUT2D eigenvalue weighted by Crippen LogP contribution is 1.96. The van der Waals surface area contributed by atoms with E-state index in [0.717, 1.165) is 11.4 Å². The van der Waals surface area contributed by atoms with Crippen molar-refractivity contribution in [2.75, 3.05) is 14.1 Å². The summed E-state index contributed by atoms with van der Waals surface area (Å²) in [5.41, 5.74) is 1.90. The van der Waals surface area contributed by atoms with E-state index in [4.69, 9.17) is 0 Å².